The van der Waals surface area contributed by atoms with Gasteiger partial charge < -0.3 is 4.90 Å². The summed E-state index contributed by atoms with van der Waals surface area (Å²) in [6.45, 7) is 7.11. The first-order chi connectivity index (χ1) is 14.3. The topological polar surface area (TPSA) is 50.1 Å². The van der Waals surface area contributed by atoms with Gasteiger partial charge in [-0.1, -0.05) is 29.8 Å². The fourth-order valence-corrected chi connectivity index (χ4v) is 3.92. The maximum absolute atomic E-state index is 4.64. The molecular weight excluding hydrogens is 360 g/mol. The van der Waals surface area contributed by atoms with Crippen LogP contribution in [0.15, 0.2) is 67.3 Å². The van der Waals surface area contributed by atoms with Gasteiger partial charge in [-0.05, 0) is 36.8 Å². The molecule has 1 aliphatic heterocycles. The van der Waals surface area contributed by atoms with Gasteiger partial charge in [0.2, 0.25) is 0 Å². The van der Waals surface area contributed by atoms with Crippen molar-refractivity contribution in [3.05, 3.63) is 78.4 Å². The Hall–Kier alpha value is -3.25. The molecule has 146 valence electrons. The molecular formula is C23H24N6. The number of benzene rings is 2. The van der Waals surface area contributed by atoms with Gasteiger partial charge in [-0.2, -0.15) is 5.10 Å². The largest absolute Gasteiger partial charge is 0.353 e. The van der Waals surface area contributed by atoms with Crippen LogP contribution in [0.3, 0.4) is 0 Å². The Labute approximate surface area is 170 Å². The highest BCUT2D eigenvalue weighted by atomic mass is 15.3. The van der Waals surface area contributed by atoms with Gasteiger partial charge >= 0.3 is 0 Å². The maximum Gasteiger partial charge on any atom is 0.140 e. The Kier molecular flexibility index (Phi) is 4.69. The predicted octanol–water partition coefficient (Wildman–Crippen LogP) is 3.45. The van der Waals surface area contributed by atoms with Gasteiger partial charge in [0.1, 0.15) is 12.1 Å². The average Bonchev–Trinajstić information content (AvgIpc) is 3.30. The fraction of sp³-hybridized carbons (Fsp3) is 0.261. The van der Waals surface area contributed by atoms with Crippen molar-refractivity contribution in [2.75, 3.05) is 31.1 Å². The van der Waals surface area contributed by atoms with Crippen molar-refractivity contribution in [3.8, 4) is 5.69 Å². The smallest absolute Gasteiger partial charge is 0.140 e. The SMILES string of the molecule is Cc1ccc(CN2CCN(c3ncnc4ccc(-n5cccn5)cc34)CC2)cc1. The number of rotatable bonds is 4. The molecule has 0 spiro atoms. The summed E-state index contributed by atoms with van der Waals surface area (Å²) in [6.07, 6.45) is 5.41. The van der Waals surface area contributed by atoms with Crippen LogP contribution in [-0.4, -0.2) is 50.8 Å². The molecule has 0 bridgehead atoms. The molecule has 0 N–H and O–H groups in total. The van der Waals surface area contributed by atoms with Gasteiger partial charge in [0.25, 0.3) is 0 Å². The van der Waals surface area contributed by atoms with E-state index < -0.39 is 0 Å². The number of aryl methyl sites for hydroxylation is 1. The molecule has 1 fully saturated rings. The lowest BCUT2D eigenvalue weighted by molar-refractivity contribution is 0.249. The minimum Gasteiger partial charge on any atom is -0.353 e. The summed E-state index contributed by atoms with van der Waals surface area (Å²) in [5.41, 5.74) is 4.67. The molecule has 0 radical (unpaired) electrons. The van der Waals surface area contributed by atoms with Gasteiger partial charge in [0.05, 0.1) is 11.2 Å². The molecule has 3 heterocycles. The average molecular weight is 384 g/mol. The summed E-state index contributed by atoms with van der Waals surface area (Å²) < 4.78 is 1.87. The van der Waals surface area contributed by atoms with Gasteiger partial charge in [0, 0.05) is 50.5 Å². The summed E-state index contributed by atoms with van der Waals surface area (Å²) in [6, 6.07) is 17.0. The molecule has 0 unspecified atom stereocenters. The lowest BCUT2D eigenvalue weighted by atomic mass is 10.1. The molecule has 1 aliphatic rings. The lowest BCUT2D eigenvalue weighted by Crippen LogP contribution is -2.46. The third-order valence-corrected chi connectivity index (χ3v) is 5.57. The first kappa shape index (κ1) is 17.8. The minimum absolute atomic E-state index is 0.962. The van der Waals surface area contributed by atoms with Crippen LogP contribution in [0.2, 0.25) is 0 Å². The lowest BCUT2D eigenvalue weighted by Gasteiger charge is -2.35. The molecule has 6 nitrogen and oxygen atoms in total. The molecule has 2 aromatic heterocycles. The van der Waals surface area contributed by atoms with Crippen LogP contribution in [-0.2, 0) is 6.54 Å². The van der Waals surface area contributed by atoms with Crippen molar-refractivity contribution in [2.45, 2.75) is 13.5 Å². The number of anilines is 1. The van der Waals surface area contributed by atoms with E-state index in [9.17, 15) is 0 Å². The number of hydrogen-bond acceptors (Lipinski definition) is 5. The second-order valence-electron chi connectivity index (χ2n) is 7.60. The quantitative estimate of drug-likeness (QED) is 0.539. The van der Waals surface area contributed by atoms with E-state index in [1.807, 2.05) is 29.1 Å². The monoisotopic (exact) mass is 384 g/mol. The number of nitrogens with zero attached hydrogens (tertiary/aromatic N) is 6. The first-order valence-corrected chi connectivity index (χ1v) is 10.0. The Balaban J connectivity index is 1.35. The van der Waals surface area contributed by atoms with Crippen LogP contribution in [0, 0.1) is 6.92 Å². The molecule has 0 aliphatic carbocycles. The fourth-order valence-electron chi connectivity index (χ4n) is 3.92. The molecule has 0 amide bonds. The number of fused-ring (bicyclic) bond motifs is 1. The van der Waals surface area contributed by atoms with Crippen molar-refractivity contribution in [3.63, 3.8) is 0 Å². The third kappa shape index (κ3) is 3.71. The highest BCUT2D eigenvalue weighted by Crippen LogP contribution is 2.26. The van der Waals surface area contributed by atoms with Gasteiger partial charge in [-0.15, -0.1) is 0 Å². The zero-order chi connectivity index (χ0) is 19.6. The van der Waals surface area contributed by atoms with Crippen molar-refractivity contribution in [1.82, 2.24) is 24.6 Å². The number of piperazine rings is 1. The third-order valence-electron chi connectivity index (χ3n) is 5.57. The first-order valence-electron chi connectivity index (χ1n) is 10.0. The van der Waals surface area contributed by atoms with Crippen LogP contribution in [0.1, 0.15) is 11.1 Å². The van der Waals surface area contributed by atoms with E-state index in [4.69, 9.17) is 0 Å². The summed E-state index contributed by atoms with van der Waals surface area (Å²) in [5.74, 6) is 1.01. The molecule has 29 heavy (non-hydrogen) atoms. The Morgan fingerprint density at radius 1 is 0.931 bits per heavy atom. The van der Waals surface area contributed by atoms with Crippen molar-refractivity contribution in [1.29, 1.82) is 0 Å². The van der Waals surface area contributed by atoms with E-state index >= 15 is 0 Å². The summed E-state index contributed by atoms with van der Waals surface area (Å²) >= 11 is 0. The van der Waals surface area contributed by atoms with E-state index in [0.29, 0.717) is 0 Å². The predicted molar refractivity (Wildman–Crippen MR) is 115 cm³/mol. The zero-order valence-electron chi connectivity index (χ0n) is 16.6. The summed E-state index contributed by atoms with van der Waals surface area (Å²) in [7, 11) is 0. The van der Waals surface area contributed by atoms with Gasteiger partial charge in [0.15, 0.2) is 0 Å². The standard InChI is InChI=1S/C23H24N6/c1-18-3-5-19(6-4-18)16-27-11-13-28(14-12-27)23-21-15-20(29-10-2-9-26-29)7-8-22(21)24-17-25-23/h2-10,15,17H,11-14,16H2,1H3. The number of aromatic nitrogens is 4. The van der Waals surface area contributed by atoms with Crippen LogP contribution >= 0.6 is 0 Å². The number of hydrogen-bond donors (Lipinski definition) is 0. The van der Waals surface area contributed by atoms with Crippen LogP contribution in [0.25, 0.3) is 16.6 Å². The van der Waals surface area contributed by atoms with Gasteiger partial charge in [-0.3, -0.25) is 4.90 Å². The van der Waals surface area contributed by atoms with E-state index in [1.165, 1.54) is 11.1 Å². The van der Waals surface area contributed by atoms with Crippen LogP contribution in [0.5, 0.6) is 0 Å². The minimum atomic E-state index is 0.962. The zero-order valence-corrected chi connectivity index (χ0v) is 16.6. The highest BCUT2D eigenvalue weighted by molar-refractivity contribution is 5.90. The summed E-state index contributed by atoms with van der Waals surface area (Å²) in [4.78, 5) is 14.0. The van der Waals surface area contributed by atoms with E-state index in [2.05, 4.69) is 62.1 Å². The van der Waals surface area contributed by atoms with Crippen LogP contribution in [0.4, 0.5) is 5.82 Å². The Morgan fingerprint density at radius 2 is 1.76 bits per heavy atom. The normalized spacial score (nSPS) is 15.1. The highest BCUT2D eigenvalue weighted by Gasteiger charge is 2.20. The molecule has 0 saturated carbocycles. The second kappa shape index (κ2) is 7.64. The molecule has 2 aromatic carbocycles. The van der Waals surface area contributed by atoms with E-state index in [-0.39, 0.29) is 0 Å². The van der Waals surface area contributed by atoms with Crippen molar-refractivity contribution in [2.24, 2.45) is 0 Å². The molecule has 1 saturated heterocycles. The molecule has 4 aromatic rings. The summed E-state index contributed by atoms with van der Waals surface area (Å²) in [5, 5.41) is 5.42. The molecule has 0 atom stereocenters. The maximum atomic E-state index is 4.64. The van der Waals surface area contributed by atoms with Crippen molar-refractivity contribution < 1.29 is 0 Å². The van der Waals surface area contributed by atoms with E-state index in [1.54, 1.807) is 12.5 Å². The van der Waals surface area contributed by atoms with Crippen molar-refractivity contribution >= 4 is 16.7 Å². The Morgan fingerprint density at radius 3 is 2.52 bits per heavy atom. The Bertz CT molecular complexity index is 1100. The second-order valence-corrected chi connectivity index (χ2v) is 7.60. The van der Waals surface area contributed by atoms with E-state index in [0.717, 1.165) is 55.1 Å². The molecule has 6 heteroatoms. The molecule has 5 rings (SSSR count). The van der Waals surface area contributed by atoms with Gasteiger partial charge in [-0.25, -0.2) is 14.6 Å². The van der Waals surface area contributed by atoms with Crippen LogP contribution < -0.4 is 4.90 Å².